The average Bonchev–Trinajstić information content (AvgIpc) is 2.16. The Morgan fingerprint density at radius 1 is 1.14 bits per heavy atom. The van der Waals surface area contributed by atoms with Gasteiger partial charge in [0.25, 0.3) is 0 Å². The van der Waals surface area contributed by atoms with Gasteiger partial charge in [-0.15, -0.1) is 0 Å². The van der Waals surface area contributed by atoms with Crippen molar-refractivity contribution >= 4 is 11.8 Å². The first kappa shape index (κ1) is 11.6. The third-order valence-electron chi connectivity index (χ3n) is 1.71. The Morgan fingerprint density at radius 2 is 1.79 bits per heavy atom. The van der Waals surface area contributed by atoms with Crippen molar-refractivity contribution in [1.29, 1.82) is 0 Å². The number of rotatable bonds is 5. The molecule has 1 rings (SSSR count). The topological polar surface area (TPSA) is 9.23 Å². The molecule has 0 saturated heterocycles. The molecule has 0 aliphatic rings. The first-order chi connectivity index (χ1) is 6.68. The van der Waals surface area contributed by atoms with Crippen LogP contribution in [0, 0.1) is 5.92 Å². The summed E-state index contributed by atoms with van der Waals surface area (Å²) >= 11 is 1.76. The highest BCUT2D eigenvalue weighted by atomic mass is 32.2. The molecule has 78 valence electrons. The van der Waals surface area contributed by atoms with Gasteiger partial charge in [0, 0.05) is 4.90 Å². The van der Waals surface area contributed by atoms with Crippen LogP contribution in [0.25, 0.3) is 0 Å². The molecule has 0 radical (unpaired) electrons. The summed E-state index contributed by atoms with van der Waals surface area (Å²) in [5.41, 5.74) is 0.236. The van der Waals surface area contributed by atoms with Crippen LogP contribution in [0.1, 0.15) is 20.8 Å². The third-order valence-corrected chi connectivity index (χ3v) is 2.72. The molecule has 1 unspecified atom stereocenters. The molecule has 0 heterocycles. The Bertz CT molecular complexity index is 246. The van der Waals surface area contributed by atoms with Gasteiger partial charge in [-0.05, 0) is 25.0 Å². The molecular weight excluding hydrogens is 192 g/mol. The predicted octanol–water partition coefficient (Wildman–Crippen LogP) is 3.80. The molecule has 0 aliphatic carbocycles. The van der Waals surface area contributed by atoms with Gasteiger partial charge >= 0.3 is 0 Å². The van der Waals surface area contributed by atoms with Crippen LogP contribution in [-0.4, -0.2) is 12.0 Å². The van der Waals surface area contributed by atoms with Crippen LogP contribution < -0.4 is 0 Å². The maximum Gasteiger partial charge on any atom is 0.104 e. The van der Waals surface area contributed by atoms with Crippen molar-refractivity contribution in [3.63, 3.8) is 0 Å². The quantitative estimate of drug-likeness (QED) is 0.540. The third kappa shape index (κ3) is 4.68. The van der Waals surface area contributed by atoms with Crippen molar-refractivity contribution in [3.05, 3.63) is 30.3 Å². The highest BCUT2D eigenvalue weighted by Crippen LogP contribution is 2.23. The summed E-state index contributed by atoms with van der Waals surface area (Å²) in [7, 11) is 0. The fourth-order valence-electron chi connectivity index (χ4n) is 1.05. The van der Waals surface area contributed by atoms with E-state index >= 15 is 0 Å². The van der Waals surface area contributed by atoms with Crippen molar-refractivity contribution in [2.45, 2.75) is 31.1 Å². The van der Waals surface area contributed by atoms with Gasteiger partial charge in [-0.25, -0.2) is 0 Å². The van der Waals surface area contributed by atoms with Gasteiger partial charge in [-0.3, -0.25) is 0 Å². The van der Waals surface area contributed by atoms with Crippen molar-refractivity contribution in [2.75, 3.05) is 6.61 Å². The summed E-state index contributed by atoms with van der Waals surface area (Å²) in [6, 6.07) is 10.4. The molecular formula is C12H18OS. The second-order valence-corrected chi connectivity index (χ2v) is 5.10. The zero-order valence-electron chi connectivity index (χ0n) is 9.07. The van der Waals surface area contributed by atoms with Gasteiger partial charge in [0.2, 0.25) is 0 Å². The minimum absolute atomic E-state index is 0.236. The number of hydrogen-bond acceptors (Lipinski definition) is 2. The highest BCUT2D eigenvalue weighted by molar-refractivity contribution is 7.99. The molecule has 0 amide bonds. The molecule has 1 aromatic rings. The Morgan fingerprint density at radius 3 is 2.36 bits per heavy atom. The van der Waals surface area contributed by atoms with Crippen LogP contribution in [0.2, 0.25) is 0 Å². The molecule has 0 bridgehead atoms. The predicted molar refractivity (Wildman–Crippen MR) is 62.6 cm³/mol. The first-order valence-electron chi connectivity index (χ1n) is 5.02. The van der Waals surface area contributed by atoms with Crippen molar-refractivity contribution in [3.8, 4) is 0 Å². The standard InChI is InChI=1S/C12H18OS/c1-10(2)9-13-11(3)14-12-7-5-4-6-8-12/h4-8,10-11H,9H2,1-3H3. The summed E-state index contributed by atoms with van der Waals surface area (Å²) in [5.74, 6) is 0.605. The van der Waals surface area contributed by atoms with Crippen LogP contribution in [0.3, 0.4) is 0 Å². The normalized spacial score (nSPS) is 13.1. The Kier molecular flexibility index (Phi) is 5.05. The van der Waals surface area contributed by atoms with E-state index < -0.39 is 0 Å². The van der Waals surface area contributed by atoms with E-state index in [4.69, 9.17) is 4.74 Å². The lowest BCUT2D eigenvalue weighted by molar-refractivity contribution is 0.100. The zero-order valence-corrected chi connectivity index (χ0v) is 9.88. The van der Waals surface area contributed by atoms with Gasteiger partial charge in [-0.2, -0.15) is 0 Å². The van der Waals surface area contributed by atoms with E-state index in [2.05, 4.69) is 45.0 Å². The van der Waals surface area contributed by atoms with Crippen LogP contribution >= 0.6 is 11.8 Å². The summed E-state index contributed by atoms with van der Waals surface area (Å²) in [4.78, 5) is 1.27. The smallest absolute Gasteiger partial charge is 0.104 e. The second-order valence-electron chi connectivity index (χ2n) is 3.73. The molecule has 2 heteroatoms. The monoisotopic (exact) mass is 210 g/mol. The maximum atomic E-state index is 5.67. The number of hydrogen-bond donors (Lipinski definition) is 0. The van der Waals surface area contributed by atoms with E-state index in [0.29, 0.717) is 5.92 Å². The van der Waals surface area contributed by atoms with E-state index in [0.717, 1.165) is 6.61 Å². The molecule has 0 spiro atoms. The van der Waals surface area contributed by atoms with E-state index in [1.807, 2.05) is 6.07 Å². The number of thioether (sulfide) groups is 1. The van der Waals surface area contributed by atoms with E-state index in [1.54, 1.807) is 11.8 Å². The van der Waals surface area contributed by atoms with Crippen molar-refractivity contribution < 1.29 is 4.74 Å². The lowest BCUT2D eigenvalue weighted by Gasteiger charge is -2.14. The molecule has 1 aromatic carbocycles. The molecule has 0 saturated carbocycles. The van der Waals surface area contributed by atoms with Gasteiger partial charge < -0.3 is 4.74 Å². The second kappa shape index (κ2) is 6.10. The minimum atomic E-state index is 0.236. The zero-order chi connectivity index (χ0) is 10.4. The molecule has 1 atom stereocenters. The number of ether oxygens (including phenoxy) is 1. The molecule has 1 nitrogen and oxygen atoms in total. The summed E-state index contributed by atoms with van der Waals surface area (Å²) in [6.07, 6.45) is 0. The van der Waals surface area contributed by atoms with Gasteiger partial charge in [0.05, 0.1) is 6.61 Å². The maximum absolute atomic E-state index is 5.67. The fraction of sp³-hybridized carbons (Fsp3) is 0.500. The fourth-order valence-corrected chi connectivity index (χ4v) is 1.90. The molecule has 0 N–H and O–H groups in total. The van der Waals surface area contributed by atoms with Crippen molar-refractivity contribution in [1.82, 2.24) is 0 Å². The lowest BCUT2D eigenvalue weighted by Crippen LogP contribution is -2.08. The summed E-state index contributed by atoms with van der Waals surface area (Å²) < 4.78 is 5.67. The van der Waals surface area contributed by atoms with E-state index in [9.17, 15) is 0 Å². The van der Waals surface area contributed by atoms with Gasteiger partial charge in [0.15, 0.2) is 0 Å². The Hall–Kier alpha value is -0.470. The van der Waals surface area contributed by atoms with Gasteiger partial charge in [-0.1, -0.05) is 43.8 Å². The first-order valence-corrected chi connectivity index (χ1v) is 5.89. The van der Waals surface area contributed by atoms with E-state index in [1.165, 1.54) is 4.90 Å². The molecule has 0 fully saturated rings. The highest BCUT2D eigenvalue weighted by Gasteiger charge is 2.04. The SMILES string of the molecule is CC(C)COC(C)Sc1ccccc1. The van der Waals surface area contributed by atoms with Gasteiger partial charge in [0.1, 0.15) is 5.44 Å². The van der Waals surface area contributed by atoms with Crippen LogP contribution in [0.4, 0.5) is 0 Å². The van der Waals surface area contributed by atoms with E-state index in [-0.39, 0.29) is 5.44 Å². The minimum Gasteiger partial charge on any atom is -0.367 e. The summed E-state index contributed by atoms with van der Waals surface area (Å²) in [5, 5.41) is 0. The molecule has 0 aliphatic heterocycles. The van der Waals surface area contributed by atoms with Crippen LogP contribution in [0.15, 0.2) is 35.2 Å². The summed E-state index contributed by atoms with van der Waals surface area (Å²) in [6.45, 7) is 7.26. The van der Waals surface area contributed by atoms with Crippen LogP contribution in [0.5, 0.6) is 0 Å². The van der Waals surface area contributed by atoms with Crippen molar-refractivity contribution in [2.24, 2.45) is 5.92 Å². The Balaban J connectivity index is 2.30. The lowest BCUT2D eigenvalue weighted by atomic mass is 10.2. The largest absolute Gasteiger partial charge is 0.367 e. The van der Waals surface area contributed by atoms with Crippen LogP contribution in [-0.2, 0) is 4.74 Å². The number of benzene rings is 1. The molecule has 14 heavy (non-hydrogen) atoms. The Labute approximate surface area is 90.9 Å². The average molecular weight is 210 g/mol. The molecule has 0 aromatic heterocycles.